The van der Waals surface area contributed by atoms with Crippen LogP contribution < -0.4 is 16.2 Å². The largest absolute Gasteiger partial charge is 0.381 e. The van der Waals surface area contributed by atoms with Crippen molar-refractivity contribution in [3.8, 4) is 0 Å². The van der Waals surface area contributed by atoms with E-state index in [-0.39, 0.29) is 11.5 Å². The van der Waals surface area contributed by atoms with Crippen molar-refractivity contribution < 1.29 is 4.79 Å². The molecule has 1 aromatic heterocycles. The zero-order chi connectivity index (χ0) is 17.6. The van der Waals surface area contributed by atoms with Crippen LogP contribution in [0.2, 0.25) is 5.02 Å². The summed E-state index contributed by atoms with van der Waals surface area (Å²) in [6.07, 6.45) is 0.395. The van der Waals surface area contributed by atoms with Gasteiger partial charge in [-0.2, -0.15) is 0 Å². The summed E-state index contributed by atoms with van der Waals surface area (Å²) in [6.45, 7) is 2.37. The van der Waals surface area contributed by atoms with Crippen LogP contribution in [-0.4, -0.2) is 10.9 Å². The number of carbonyl (C=O) groups is 1. The number of hydrogen-bond donors (Lipinski definition) is 3. The lowest BCUT2D eigenvalue weighted by atomic mass is 10.0. The van der Waals surface area contributed by atoms with Gasteiger partial charge in [-0.25, -0.2) is 0 Å². The SMILES string of the molecule is Cc1c(NCc2cc3cc(Cl)ccc3[nH]c2=O)ccc2c1CC(=O)N2. The van der Waals surface area contributed by atoms with Crippen LogP contribution in [0.3, 0.4) is 0 Å². The third kappa shape index (κ3) is 2.87. The van der Waals surface area contributed by atoms with Crippen LogP contribution in [0.4, 0.5) is 11.4 Å². The van der Waals surface area contributed by atoms with Crippen LogP contribution in [0.15, 0.2) is 41.2 Å². The van der Waals surface area contributed by atoms with E-state index in [9.17, 15) is 9.59 Å². The van der Waals surface area contributed by atoms with Crippen LogP contribution in [-0.2, 0) is 17.8 Å². The molecule has 0 unspecified atom stereocenters. The number of hydrogen-bond acceptors (Lipinski definition) is 3. The normalized spacial score (nSPS) is 13.0. The molecule has 2 heterocycles. The predicted octanol–water partition coefficient (Wildman–Crippen LogP) is 3.60. The second kappa shape index (κ2) is 5.93. The molecule has 1 aliphatic rings. The monoisotopic (exact) mass is 353 g/mol. The predicted molar refractivity (Wildman–Crippen MR) is 100 cm³/mol. The van der Waals surface area contributed by atoms with E-state index in [4.69, 9.17) is 11.6 Å². The second-order valence-corrected chi connectivity index (χ2v) is 6.63. The number of fused-ring (bicyclic) bond motifs is 2. The van der Waals surface area contributed by atoms with Crippen molar-refractivity contribution in [3.63, 3.8) is 0 Å². The molecule has 126 valence electrons. The fourth-order valence-electron chi connectivity index (χ4n) is 3.19. The van der Waals surface area contributed by atoms with Crippen molar-refractivity contribution in [2.75, 3.05) is 10.6 Å². The first-order valence-corrected chi connectivity index (χ1v) is 8.37. The topological polar surface area (TPSA) is 74.0 Å². The maximum Gasteiger partial charge on any atom is 0.253 e. The molecule has 0 fully saturated rings. The lowest BCUT2D eigenvalue weighted by Gasteiger charge is -2.12. The average molecular weight is 354 g/mol. The van der Waals surface area contributed by atoms with Crippen LogP contribution >= 0.6 is 11.6 Å². The molecule has 0 bridgehead atoms. The minimum atomic E-state index is -0.127. The third-order valence-electron chi connectivity index (χ3n) is 4.56. The van der Waals surface area contributed by atoms with Crippen LogP contribution in [0.25, 0.3) is 10.9 Å². The maximum atomic E-state index is 12.3. The van der Waals surface area contributed by atoms with E-state index < -0.39 is 0 Å². The standard InChI is InChI=1S/C19H16ClN3O2/c1-10-14-8-18(24)22-17(14)5-4-15(10)21-9-12-6-11-7-13(20)2-3-16(11)23-19(12)25/h2-7,21H,8-9H2,1H3,(H,22,24)(H,23,25). The summed E-state index contributed by atoms with van der Waals surface area (Å²) in [5, 5.41) is 7.66. The van der Waals surface area contributed by atoms with Gasteiger partial charge in [-0.3, -0.25) is 9.59 Å². The van der Waals surface area contributed by atoms with Gasteiger partial charge in [0.2, 0.25) is 5.91 Å². The number of H-pyrrole nitrogens is 1. The molecule has 6 heteroatoms. The molecule has 0 radical (unpaired) electrons. The van der Waals surface area contributed by atoms with Gasteiger partial charge in [0, 0.05) is 39.4 Å². The van der Waals surface area contributed by atoms with Crippen molar-refractivity contribution in [1.29, 1.82) is 0 Å². The molecule has 5 nitrogen and oxygen atoms in total. The Labute approximate surface area is 149 Å². The number of halogens is 1. The highest BCUT2D eigenvalue weighted by Crippen LogP contribution is 2.31. The number of benzene rings is 2. The molecule has 0 atom stereocenters. The van der Waals surface area contributed by atoms with Gasteiger partial charge in [-0.15, -0.1) is 0 Å². The first kappa shape index (κ1) is 15.7. The molecule has 0 spiro atoms. The molecular formula is C19H16ClN3O2. The Hall–Kier alpha value is -2.79. The Morgan fingerprint density at radius 2 is 2.00 bits per heavy atom. The molecule has 25 heavy (non-hydrogen) atoms. The molecule has 0 saturated heterocycles. The highest BCUT2D eigenvalue weighted by atomic mass is 35.5. The number of aromatic amines is 1. The molecule has 0 aliphatic carbocycles. The maximum absolute atomic E-state index is 12.3. The summed E-state index contributed by atoms with van der Waals surface area (Å²) in [7, 11) is 0. The number of carbonyl (C=O) groups excluding carboxylic acids is 1. The molecule has 2 aromatic carbocycles. The summed E-state index contributed by atoms with van der Waals surface area (Å²) in [6, 6.07) is 11.0. The van der Waals surface area contributed by atoms with Crippen LogP contribution in [0.5, 0.6) is 0 Å². The van der Waals surface area contributed by atoms with Gasteiger partial charge in [-0.1, -0.05) is 11.6 Å². The van der Waals surface area contributed by atoms with Gasteiger partial charge in [0.25, 0.3) is 5.56 Å². The van der Waals surface area contributed by atoms with E-state index in [1.165, 1.54) is 0 Å². The van der Waals surface area contributed by atoms with Gasteiger partial charge < -0.3 is 15.6 Å². The molecule has 3 aromatic rings. The Morgan fingerprint density at radius 1 is 1.16 bits per heavy atom. The van der Waals surface area contributed by atoms with E-state index in [0.717, 1.165) is 33.4 Å². The quantitative estimate of drug-likeness (QED) is 0.673. The smallest absolute Gasteiger partial charge is 0.253 e. The number of amides is 1. The van der Waals surface area contributed by atoms with Crippen molar-refractivity contribution in [2.45, 2.75) is 19.9 Å². The molecule has 0 saturated carbocycles. The summed E-state index contributed by atoms with van der Waals surface area (Å²) in [5.74, 6) is 0.0121. The molecule has 1 aliphatic heterocycles. The highest BCUT2D eigenvalue weighted by molar-refractivity contribution is 6.31. The Morgan fingerprint density at radius 3 is 2.84 bits per heavy atom. The third-order valence-corrected chi connectivity index (χ3v) is 4.80. The average Bonchev–Trinajstić information content (AvgIpc) is 2.96. The first-order valence-electron chi connectivity index (χ1n) is 7.99. The molecule has 3 N–H and O–H groups in total. The molecule has 4 rings (SSSR count). The fourth-order valence-corrected chi connectivity index (χ4v) is 3.37. The Kier molecular flexibility index (Phi) is 3.73. The minimum Gasteiger partial charge on any atom is -0.381 e. The minimum absolute atomic E-state index is 0.0121. The van der Waals surface area contributed by atoms with E-state index in [1.807, 2.05) is 31.2 Å². The zero-order valence-corrected chi connectivity index (χ0v) is 14.3. The zero-order valence-electron chi connectivity index (χ0n) is 13.6. The summed E-state index contributed by atoms with van der Waals surface area (Å²) >= 11 is 6.03. The lowest BCUT2D eigenvalue weighted by Crippen LogP contribution is -2.16. The summed E-state index contributed by atoms with van der Waals surface area (Å²) < 4.78 is 0. The van der Waals surface area contributed by atoms with Crippen LogP contribution in [0.1, 0.15) is 16.7 Å². The van der Waals surface area contributed by atoms with E-state index in [1.54, 1.807) is 12.1 Å². The highest BCUT2D eigenvalue weighted by Gasteiger charge is 2.20. The van der Waals surface area contributed by atoms with Gasteiger partial charge in [0.05, 0.1) is 6.42 Å². The van der Waals surface area contributed by atoms with Gasteiger partial charge >= 0.3 is 0 Å². The van der Waals surface area contributed by atoms with Crippen molar-refractivity contribution >= 4 is 39.8 Å². The van der Waals surface area contributed by atoms with Crippen molar-refractivity contribution in [1.82, 2.24) is 4.98 Å². The lowest BCUT2D eigenvalue weighted by molar-refractivity contribution is -0.115. The first-order chi connectivity index (χ1) is 12.0. The number of rotatable bonds is 3. The molecular weight excluding hydrogens is 338 g/mol. The van der Waals surface area contributed by atoms with Gasteiger partial charge in [-0.05, 0) is 54.4 Å². The summed E-state index contributed by atoms with van der Waals surface area (Å²) in [5.41, 5.74) is 5.08. The summed E-state index contributed by atoms with van der Waals surface area (Å²) in [4.78, 5) is 26.7. The van der Waals surface area contributed by atoms with Crippen molar-refractivity contribution in [2.24, 2.45) is 0 Å². The van der Waals surface area contributed by atoms with Gasteiger partial charge in [0.15, 0.2) is 0 Å². The second-order valence-electron chi connectivity index (χ2n) is 6.20. The van der Waals surface area contributed by atoms with Gasteiger partial charge in [0.1, 0.15) is 0 Å². The van der Waals surface area contributed by atoms with Crippen LogP contribution in [0, 0.1) is 6.92 Å². The number of aromatic nitrogens is 1. The number of anilines is 2. The number of nitrogens with one attached hydrogen (secondary N) is 3. The van der Waals surface area contributed by atoms with E-state index >= 15 is 0 Å². The Bertz CT molecular complexity index is 1070. The van der Waals surface area contributed by atoms with E-state index in [2.05, 4.69) is 15.6 Å². The van der Waals surface area contributed by atoms with E-state index in [0.29, 0.717) is 23.6 Å². The molecule has 1 amide bonds. The fraction of sp³-hybridized carbons (Fsp3) is 0.158. The Balaban J connectivity index is 1.63. The van der Waals surface area contributed by atoms with Crippen molar-refractivity contribution in [3.05, 3.63) is 68.5 Å². The number of pyridine rings is 1.